The molecule has 0 N–H and O–H groups in total. The van der Waals surface area contributed by atoms with Gasteiger partial charge in [-0.1, -0.05) is 184 Å². The van der Waals surface area contributed by atoms with Crippen LogP contribution in [0.25, 0.3) is 77.7 Å². The van der Waals surface area contributed by atoms with E-state index in [9.17, 15) is 0 Å². The highest BCUT2D eigenvalue weighted by Gasteiger charge is 2.41. The van der Waals surface area contributed by atoms with E-state index in [1.807, 2.05) is 11.8 Å². The zero-order valence-corrected chi connectivity index (χ0v) is 34.8. The first-order valence-corrected chi connectivity index (χ1v) is 21.9. The van der Waals surface area contributed by atoms with Gasteiger partial charge in [0.25, 0.3) is 0 Å². The minimum Gasteiger partial charge on any atom is -0.309 e. The summed E-state index contributed by atoms with van der Waals surface area (Å²) in [7, 11) is 0. The molecule has 0 spiro atoms. The molecule has 8 aromatic carbocycles. The predicted molar refractivity (Wildman–Crippen MR) is 256 cm³/mol. The number of aromatic nitrogens is 1. The molecule has 2 heteroatoms. The summed E-state index contributed by atoms with van der Waals surface area (Å²) in [6, 6.07) is 65.1. The van der Waals surface area contributed by atoms with Gasteiger partial charge >= 0.3 is 0 Å². The Balaban J connectivity index is 0.992. The average molecular weight is 778 g/mol. The molecule has 0 atom stereocenters. The van der Waals surface area contributed by atoms with Gasteiger partial charge in [-0.15, -0.1) is 0 Å². The second-order valence-electron chi connectivity index (χ2n) is 15.8. The molecule has 1 aromatic heterocycles. The maximum atomic E-state index is 2.49. The van der Waals surface area contributed by atoms with Gasteiger partial charge in [-0.2, -0.15) is 0 Å². The van der Waals surface area contributed by atoms with Crippen molar-refractivity contribution in [3.8, 4) is 39.1 Å². The molecule has 0 saturated carbocycles. The summed E-state index contributed by atoms with van der Waals surface area (Å²) in [6.45, 7) is 6.97. The predicted octanol–water partition coefficient (Wildman–Crippen LogP) is 16.5. The van der Waals surface area contributed by atoms with Gasteiger partial charge in [0.1, 0.15) is 0 Å². The summed E-state index contributed by atoms with van der Waals surface area (Å²) in [5.74, 6) is 0. The minimum atomic E-state index is -0.0593. The minimum absolute atomic E-state index is 0.0593. The second kappa shape index (κ2) is 15.4. The number of thioether (sulfide) groups is 1. The molecule has 9 aromatic rings. The largest absolute Gasteiger partial charge is 0.309 e. The Morgan fingerprint density at radius 3 is 1.78 bits per heavy atom. The monoisotopic (exact) mass is 777 g/mol. The lowest BCUT2D eigenvalue weighted by atomic mass is 9.73. The van der Waals surface area contributed by atoms with E-state index >= 15 is 0 Å². The number of hydrogen-bond donors (Lipinski definition) is 0. The molecule has 1 aliphatic rings. The fraction of sp³-hybridized carbons (Fsp3) is 0.123. The molecule has 0 amide bonds. The smallest absolute Gasteiger partial charge is 0.0541 e. The molecule has 1 heterocycles. The average Bonchev–Trinajstić information content (AvgIpc) is 3.78. The van der Waals surface area contributed by atoms with Gasteiger partial charge in [-0.05, 0) is 123 Å². The van der Waals surface area contributed by atoms with Gasteiger partial charge in [0.15, 0.2) is 0 Å². The summed E-state index contributed by atoms with van der Waals surface area (Å²) < 4.78 is 2.46. The van der Waals surface area contributed by atoms with Crippen molar-refractivity contribution in [2.45, 2.75) is 50.3 Å². The third-order valence-corrected chi connectivity index (χ3v) is 13.7. The lowest BCUT2D eigenvalue weighted by Crippen LogP contribution is -2.23. The number of rotatable bonds is 10. The van der Waals surface area contributed by atoms with E-state index < -0.39 is 0 Å². The Morgan fingerprint density at radius 1 is 0.525 bits per heavy atom. The van der Waals surface area contributed by atoms with Crippen LogP contribution in [0.1, 0.15) is 56.7 Å². The van der Waals surface area contributed by atoms with Gasteiger partial charge in [-0.25, -0.2) is 0 Å². The SMILES string of the molecule is CC/C=C(/C=C/c1ccc2c(c1)C(CC)(CC)c1cc(-n3c4ccccc4c4ccccc43)ccc1-2)Sc1cc2ccccc2cc1-c1ccc(-c2ccccc2)cc1. The van der Waals surface area contributed by atoms with Crippen LogP contribution in [0.4, 0.5) is 0 Å². The van der Waals surface area contributed by atoms with Gasteiger partial charge in [0, 0.05) is 31.7 Å². The second-order valence-corrected chi connectivity index (χ2v) is 16.9. The molecule has 0 unspecified atom stereocenters. The highest BCUT2D eigenvalue weighted by atomic mass is 32.2. The quantitative estimate of drug-likeness (QED) is 0.0989. The van der Waals surface area contributed by atoms with Crippen molar-refractivity contribution in [2.75, 3.05) is 0 Å². The topological polar surface area (TPSA) is 4.93 Å². The van der Waals surface area contributed by atoms with E-state index in [1.165, 1.54) is 98.1 Å². The van der Waals surface area contributed by atoms with Gasteiger partial charge in [0.05, 0.1) is 11.0 Å². The molecule has 0 radical (unpaired) electrons. The van der Waals surface area contributed by atoms with E-state index in [-0.39, 0.29) is 5.41 Å². The number of benzene rings is 8. The number of fused-ring (bicyclic) bond motifs is 7. The fourth-order valence-electron chi connectivity index (χ4n) is 9.61. The van der Waals surface area contributed by atoms with Gasteiger partial charge in [-0.3, -0.25) is 0 Å². The van der Waals surface area contributed by atoms with Crippen LogP contribution in [-0.2, 0) is 5.41 Å². The Labute approximate surface area is 352 Å². The lowest BCUT2D eigenvalue weighted by molar-refractivity contribution is 0.490. The van der Waals surface area contributed by atoms with Crippen LogP contribution in [0.2, 0.25) is 0 Å². The van der Waals surface area contributed by atoms with Crippen molar-refractivity contribution < 1.29 is 0 Å². The normalized spacial score (nSPS) is 13.4. The van der Waals surface area contributed by atoms with E-state index in [0.717, 1.165) is 19.3 Å². The summed E-state index contributed by atoms with van der Waals surface area (Å²) in [5, 5.41) is 5.11. The van der Waals surface area contributed by atoms with Crippen LogP contribution < -0.4 is 0 Å². The molecule has 59 heavy (non-hydrogen) atoms. The highest BCUT2D eigenvalue weighted by molar-refractivity contribution is 8.03. The van der Waals surface area contributed by atoms with Crippen molar-refractivity contribution in [1.29, 1.82) is 0 Å². The highest BCUT2D eigenvalue weighted by Crippen LogP contribution is 2.54. The van der Waals surface area contributed by atoms with Crippen LogP contribution in [0.15, 0.2) is 198 Å². The maximum Gasteiger partial charge on any atom is 0.0541 e. The maximum absolute atomic E-state index is 2.49. The van der Waals surface area contributed by atoms with E-state index in [2.05, 4.69) is 219 Å². The summed E-state index contributed by atoms with van der Waals surface area (Å²) in [6.07, 6.45) is 10.1. The van der Waals surface area contributed by atoms with Crippen LogP contribution in [0, 0.1) is 0 Å². The molecular weight excluding hydrogens is 731 g/mol. The third-order valence-electron chi connectivity index (χ3n) is 12.6. The summed E-state index contributed by atoms with van der Waals surface area (Å²) in [5.41, 5.74) is 15.5. The Morgan fingerprint density at radius 2 is 1.10 bits per heavy atom. The lowest BCUT2D eigenvalue weighted by Gasteiger charge is -2.30. The van der Waals surface area contributed by atoms with Crippen molar-refractivity contribution in [1.82, 2.24) is 4.57 Å². The van der Waals surface area contributed by atoms with E-state index in [4.69, 9.17) is 0 Å². The molecule has 10 rings (SSSR count). The van der Waals surface area contributed by atoms with Crippen LogP contribution in [-0.4, -0.2) is 4.57 Å². The van der Waals surface area contributed by atoms with Crippen LogP contribution in [0.3, 0.4) is 0 Å². The Kier molecular flexibility index (Phi) is 9.67. The molecule has 1 nitrogen and oxygen atoms in total. The van der Waals surface area contributed by atoms with Crippen molar-refractivity contribution in [2.24, 2.45) is 0 Å². The van der Waals surface area contributed by atoms with Crippen LogP contribution >= 0.6 is 11.8 Å². The standard InChI is InChI=1S/C57H47NS/c1-4-16-46(59-56-37-44-20-11-10-19-43(44)36-51(56)42-29-27-41(28-30-42)40-17-8-7-9-18-40)32-25-39-26-33-47-48-34-31-45(38-53(48)57(5-2,6-3)52(47)35-39)58-54-23-14-12-21-49(54)50-22-13-15-24-55(50)58/h7-38H,4-6H2,1-3H3/b32-25+,46-16-. The molecule has 286 valence electrons. The zero-order valence-electron chi connectivity index (χ0n) is 34.0. The Bertz CT molecular complexity index is 3010. The first-order chi connectivity index (χ1) is 29.1. The van der Waals surface area contributed by atoms with Gasteiger partial charge < -0.3 is 4.57 Å². The van der Waals surface area contributed by atoms with Crippen molar-refractivity contribution >= 4 is 50.4 Å². The number of hydrogen-bond acceptors (Lipinski definition) is 1. The van der Waals surface area contributed by atoms with Gasteiger partial charge in [0.2, 0.25) is 0 Å². The number of para-hydroxylation sites is 2. The number of allylic oxidation sites excluding steroid dienone is 2. The van der Waals surface area contributed by atoms with Crippen molar-refractivity contribution in [3.63, 3.8) is 0 Å². The molecule has 0 bridgehead atoms. The first-order valence-electron chi connectivity index (χ1n) is 21.1. The first kappa shape index (κ1) is 37.0. The fourth-order valence-corrected chi connectivity index (χ4v) is 10.7. The molecule has 1 aliphatic carbocycles. The summed E-state index contributed by atoms with van der Waals surface area (Å²) >= 11 is 1.87. The third kappa shape index (κ3) is 6.44. The Hall–Kier alpha value is -6.35. The van der Waals surface area contributed by atoms with Crippen LogP contribution in [0.5, 0.6) is 0 Å². The number of nitrogens with zero attached hydrogens (tertiary/aromatic N) is 1. The molecular formula is C57H47NS. The van der Waals surface area contributed by atoms with E-state index in [1.54, 1.807) is 0 Å². The summed E-state index contributed by atoms with van der Waals surface area (Å²) in [4.78, 5) is 2.52. The molecule has 0 fully saturated rings. The molecule has 0 aliphatic heterocycles. The van der Waals surface area contributed by atoms with Crippen molar-refractivity contribution in [3.05, 3.63) is 210 Å². The molecule has 0 saturated heterocycles. The zero-order chi connectivity index (χ0) is 39.9. The van der Waals surface area contributed by atoms with E-state index in [0.29, 0.717) is 0 Å².